The van der Waals surface area contributed by atoms with E-state index in [9.17, 15) is 13.2 Å². The second kappa shape index (κ2) is 7.59. The Balaban J connectivity index is 2.65. The number of carbonyl (C=O) groups is 1. The summed E-state index contributed by atoms with van der Waals surface area (Å²) in [4.78, 5) is 11.7. The molecule has 0 saturated carbocycles. The van der Waals surface area contributed by atoms with E-state index in [1.165, 1.54) is 4.31 Å². The fraction of sp³-hybridized carbons (Fsp3) is 0.727. The summed E-state index contributed by atoms with van der Waals surface area (Å²) in [5.41, 5.74) is 5.26. The van der Waals surface area contributed by atoms with Crippen molar-refractivity contribution in [3.63, 3.8) is 0 Å². The molecule has 3 N–H and O–H groups in total. The number of rotatable bonds is 7. The van der Waals surface area contributed by atoms with Crippen LogP contribution in [-0.4, -0.2) is 51.0 Å². The van der Waals surface area contributed by atoms with Gasteiger partial charge in [0.05, 0.1) is 6.61 Å². The Morgan fingerprint density at radius 3 is 2.89 bits per heavy atom. The summed E-state index contributed by atoms with van der Waals surface area (Å²) in [5.74, 6) is -0.483. The molecule has 0 radical (unpaired) electrons. The Bertz CT molecular complexity index is 422. The zero-order valence-corrected chi connectivity index (χ0v) is 11.9. The molecule has 1 atom stereocenters. The maximum Gasteiger partial charge on any atom is 0.324 e. The molecule has 1 rings (SSSR count). The van der Waals surface area contributed by atoms with Crippen molar-refractivity contribution in [3.05, 3.63) is 12.2 Å². The molecule has 110 valence electrons. The monoisotopic (exact) mass is 291 g/mol. The van der Waals surface area contributed by atoms with Gasteiger partial charge < -0.3 is 10.5 Å². The zero-order valence-electron chi connectivity index (χ0n) is 11.0. The van der Waals surface area contributed by atoms with Crippen LogP contribution in [-0.2, 0) is 19.7 Å². The number of nitrogens with one attached hydrogen (secondary N) is 1. The van der Waals surface area contributed by atoms with Gasteiger partial charge in [-0.05, 0) is 19.8 Å². The third-order valence-corrected chi connectivity index (χ3v) is 4.34. The molecule has 0 aromatic heterocycles. The molecule has 1 heterocycles. The van der Waals surface area contributed by atoms with Gasteiger partial charge in [-0.15, -0.1) is 0 Å². The first kappa shape index (κ1) is 16.1. The van der Waals surface area contributed by atoms with E-state index >= 15 is 0 Å². The predicted octanol–water partition coefficient (Wildman–Crippen LogP) is -0.637. The van der Waals surface area contributed by atoms with Crippen molar-refractivity contribution in [2.75, 3.05) is 26.2 Å². The minimum Gasteiger partial charge on any atom is -0.465 e. The molecular formula is C11H21N3O4S. The van der Waals surface area contributed by atoms with Gasteiger partial charge in [-0.25, -0.2) is 0 Å². The lowest BCUT2D eigenvalue weighted by Crippen LogP contribution is -2.47. The van der Waals surface area contributed by atoms with Crippen LogP contribution in [0.5, 0.6) is 0 Å². The molecule has 0 aliphatic carbocycles. The molecule has 0 aromatic rings. The molecule has 0 aromatic carbocycles. The number of esters is 1. The summed E-state index contributed by atoms with van der Waals surface area (Å²) in [6.07, 6.45) is 4.45. The highest BCUT2D eigenvalue weighted by atomic mass is 32.2. The van der Waals surface area contributed by atoms with E-state index < -0.39 is 22.2 Å². The second-order valence-corrected chi connectivity index (χ2v) is 5.79. The Labute approximate surface area is 114 Å². The molecule has 7 nitrogen and oxygen atoms in total. The fourth-order valence-electron chi connectivity index (χ4n) is 1.92. The maximum absolute atomic E-state index is 12.1. The van der Waals surface area contributed by atoms with Crippen LogP contribution in [0.2, 0.25) is 0 Å². The highest BCUT2D eigenvalue weighted by Crippen LogP contribution is 2.21. The Morgan fingerprint density at radius 1 is 1.53 bits per heavy atom. The Morgan fingerprint density at radius 2 is 2.26 bits per heavy atom. The molecule has 1 aliphatic rings. The highest BCUT2D eigenvalue weighted by Gasteiger charge is 2.39. The van der Waals surface area contributed by atoms with Crippen LogP contribution in [0.1, 0.15) is 19.8 Å². The predicted molar refractivity (Wildman–Crippen MR) is 71.5 cm³/mol. The van der Waals surface area contributed by atoms with E-state index in [0.29, 0.717) is 25.9 Å². The van der Waals surface area contributed by atoms with Gasteiger partial charge in [-0.1, -0.05) is 12.2 Å². The van der Waals surface area contributed by atoms with E-state index in [2.05, 4.69) is 4.72 Å². The van der Waals surface area contributed by atoms with Gasteiger partial charge in [0.25, 0.3) is 10.2 Å². The van der Waals surface area contributed by atoms with Crippen molar-refractivity contribution in [2.45, 2.75) is 25.8 Å². The molecule has 1 aliphatic heterocycles. The van der Waals surface area contributed by atoms with E-state index in [1.807, 2.05) is 0 Å². The van der Waals surface area contributed by atoms with Crippen LogP contribution >= 0.6 is 0 Å². The number of nitrogens with two attached hydrogens (primary N) is 1. The lowest BCUT2D eigenvalue weighted by molar-refractivity contribution is -0.146. The van der Waals surface area contributed by atoms with Crippen LogP contribution in [0, 0.1) is 0 Å². The zero-order chi connectivity index (χ0) is 14.3. The smallest absolute Gasteiger partial charge is 0.324 e. The standard InChI is InChI=1S/C11H21N3O4S/c1-2-18-11(15)10-6-5-9-14(10)19(16,17)13-8-4-3-7-12/h3-4,10,13H,2,5-9,12H2,1H3/b4-3+. The number of nitrogens with zero attached hydrogens (tertiary/aromatic N) is 1. The molecule has 0 bridgehead atoms. The summed E-state index contributed by atoms with van der Waals surface area (Å²) >= 11 is 0. The van der Waals surface area contributed by atoms with E-state index in [-0.39, 0.29) is 13.2 Å². The van der Waals surface area contributed by atoms with Gasteiger partial charge in [-0.2, -0.15) is 17.4 Å². The second-order valence-electron chi connectivity index (χ2n) is 4.08. The SMILES string of the molecule is CCOC(=O)C1CCCN1S(=O)(=O)NC/C=C/CN. The minimum atomic E-state index is -3.66. The quantitative estimate of drug-likeness (QED) is 0.480. The molecule has 8 heteroatoms. The number of carbonyl (C=O) groups excluding carboxylic acids is 1. The maximum atomic E-state index is 12.1. The van der Waals surface area contributed by atoms with Crippen molar-refractivity contribution in [3.8, 4) is 0 Å². The summed E-state index contributed by atoms with van der Waals surface area (Å²) in [6, 6.07) is -0.712. The number of ether oxygens (including phenoxy) is 1. The average molecular weight is 291 g/mol. The number of hydrogen-bond donors (Lipinski definition) is 2. The fourth-order valence-corrected chi connectivity index (χ4v) is 3.29. The summed E-state index contributed by atoms with van der Waals surface area (Å²) in [6.45, 7) is 2.79. The topological polar surface area (TPSA) is 102 Å². The van der Waals surface area contributed by atoms with Crippen LogP contribution in [0.15, 0.2) is 12.2 Å². The van der Waals surface area contributed by atoms with Crippen molar-refractivity contribution >= 4 is 16.2 Å². The van der Waals surface area contributed by atoms with Gasteiger partial charge in [0.1, 0.15) is 6.04 Å². The Hall–Kier alpha value is -0.960. The number of hydrogen-bond acceptors (Lipinski definition) is 5. The first-order valence-corrected chi connectivity index (χ1v) is 7.75. The molecule has 1 fully saturated rings. The third-order valence-electron chi connectivity index (χ3n) is 2.76. The van der Waals surface area contributed by atoms with E-state index in [1.54, 1.807) is 19.1 Å². The molecule has 0 spiro atoms. The van der Waals surface area contributed by atoms with Gasteiger partial charge >= 0.3 is 5.97 Å². The van der Waals surface area contributed by atoms with Crippen molar-refractivity contribution in [1.82, 2.24) is 9.03 Å². The van der Waals surface area contributed by atoms with E-state index in [4.69, 9.17) is 10.5 Å². The Kier molecular flexibility index (Phi) is 6.43. The molecule has 1 saturated heterocycles. The van der Waals surface area contributed by atoms with Crippen molar-refractivity contribution < 1.29 is 17.9 Å². The van der Waals surface area contributed by atoms with Gasteiger partial charge in [0, 0.05) is 19.6 Å². The molecule has 19 heavy (non-hydrogen) atoms. The first-order valence-electron chi connectivity index (χ1n) is 6.31. The van der Waals surface area contributed by atoms with Crippen molar-refractivity contribution in [2.24, 2.45) is 5.73 Å². The van der Waals surface area contributed by atoms with Gasteiger partial charge in [0.2, 0.25) is 0 Å². The van der Waals surface area contributed by atoms with Crippen LogP contribution in [0.4, 0.5) is 0 Å². The molecule has 0 amide bonds. The highest BCUT2D eigenvalue weighted by molar-refractivity contribution is 7.87. The summed E-state index contributed by atoms with van der Waals surface area (Å²) < 4.78 is 32.6. The van der Waals surface area contributed by atoms with Crippen LogP contribution in [0.25, 0.3) is 0 Å². The summed E-state index contributed by atoms with van der Waals surface area (Å²) in [7, 11) is -3.66. The minimum absolute atomic E-state index is 0.158. The van der Waals surface area contributed by atoms with Gasteiger partial charge in [0.15, 0.2) is 0 Å². The van der Waals surface area contributed by atoms with Crippen LogP contribution in [0.3, 0.4) is 0 Å². The molecule has 1 unspecified atom stereocenters. The normalized spacial score (nSPS) is 21.1. The molecular weight excluding hydrogens is 270 g/mol. The average Bonchev–Trinajstić information content (AvgIpc) is 2.85. The third kappa shape index (κ3) is 4.57. The van der Waals surface area contributed by atoms with E-state index in [0.717, 1.165) is 0 Å². The largest absolute Gasteiger partial charge is 0.465 e. The van der Waals surface area contributed by atoms with Gasteiger partial charge in [-0.3, -0.25) is 4.79 Å². The lowest BCUT2D eigenvalue weighted by Gasteiger charge is -2.22. The summed E-state index contributed by atoms with van der Waals surface area (Å²) in [5, 5.41) is 0. The lowest BCUT2D eigenvalue weighted by atomic mass is 10.2. The van der Waals surface area contributed by atoms with Crippen LogP contribution < -0.4 is 10.5 Å². The van der Waals surface area contributed by atoms with Crippen molar-refractivity contribution in [1.29, 1.82) is 0 Å². The first-order chi connectivity index (χ1) is 9.03.